The molecule has 5 nitrogen and oxygen atoms in total. The Kier molecular flexibility index (Phi) is 6.37. The summed E-state index contributed by atoms with van der Waals surface area (Å²) in [6.45, 7) is 3.98. The summed E-state index contributed by atoms with van der Waals surface area (Å²) >= 11 is 3.39. The number of carbonyl (C=O) groups is 1. The molecule has 0 aromatic heterocycles. The van der Waals surface area contributed by atoms with Gasteiger partial charge in [0.1, 0.15) is 6.54 Å². The van der Waals surface area contributed by atoms with Gasteiger partial charge in [0.2, 0.25) is 5.91 Å². The molecule has 126 valence electrons. The molecule has 0 unspecified atom stereocenters. The van der Waals surface area contributed by atoms with Crippen LogP contribution in [0, 0.1) is 6.92 Å². The van der Waals surface area contributed by atoms with Crippen molar-refractivity contribution in [1.82, 2.24) is 0 Å². The van der Waals surface area contributed by atoms with Gasteiger partial charge in [0.05, 0.1) is 0 Å². The predicted molar refractivity (Wildman–Crippen MR) is 103 cm³/mol. The van der Waals surface area contributed by atoms with Crippen LogP contribution >= 0.6 is 15.9 Å². The Morgan fingerprint density at radius 2 is 2.00 bits per heavy atom. The summed E-state index contributed by atoms with van der Waals surface area (Å²) in [6, 6.07) is 13.6. The van der Waals surface area contributed by atoms with Gasteiger partial charge < -0.3 is 16.4 Å². The lowest BCUT2D eigenvalue weighted by Crippen LogP contribution is -2.25. The zero-order valence-corrected chi connectivity index (χ0v) is 15.4. The highest BCUT2D eigenvalue weighted by Crippen LogP contribution is 2.20. The number of guanidine groups is 1. The van der Waals surface area contributed by atoms with E-state index in [0.29, 0.717) is 0 Å². The van der Waals surface area contributed by atoms with E-state index in [2.05, 4.69) is 38.5 Å². The molecule has 4 N–H and O–H groups in total. The Morgan fingerprint density at radius 3 is 2.75 bits per heavy atom. The molecular weight excluding hydrogens is 368 g/mol. The highest BCUT2D eigenvalue weighted by atomic mass is 79.9. The fourth-order valence-electron chi connectivity index (χ4n) is 2.13. The van der Waals surface area contributed by atoms with Gasteiger partial charge in [0.25, 0.3) is 0 Å². The Morgan fingerprint density at radius 1 is 1.21 bits per heavy atom. The van der Waals surface area contributed by atoms with Gasteiger partial charge in [-0.1, -0.05) is 41.1 Å². The molecule has 2 aromatic rings. The summed E-state index contributed by atoms with van der Waals surface area (Å²) in [5, 5.41) is 5.83. The maximum absolute atomic E-state index is 12.0. The summed E-state index contributed by atoms with van der Waals surface area (Å²) in [7, 11) is 0. The van der Waals surface area contributed by atoms with Crippen LogP contribution in [0.3, 0.4) is 0 Å². The highest BCUT2D eigenvalue weighted by Gasteiger charge is 2.05. The monoisotopic (exact) mass is 388 g/mol. The number of hydrogen-bond acceptors (Lipinski definition) is 2. The maximum Gasteiger partial charge on any atom is 0.246 e. The first-order valence-corrected chi connectivity index (χ1v) is 8.49. The van der Waals surface area contributed by atoms with Crippen molar-refractivity contribution in [2.24, 2.45) is 10.7 Å². The lowest BCUT2D eigenvalue weighted by atomic mass is 10.1. The zero-order valence-electron chi connectivity index (χ0n) is 13.8. The van der Waals surface area contributed by atoms with Crippen LogP contribution < -0.4 is 16.4 Å². The minimum Gasteiger partial charge on any atom is -0.370 e. The maximum atomic E-state index is 12.0. The second kappa shape index (κ2) is 8.49. The standard InChI is InChI=1S/C18H21BrN4O/c1-3-13-5-4-6-15(9-13)22-18(20)21-11-17(24)23-16-10-14(19)8-7-12(16)2/h4-10H,3,11H2,1-2H3,(H,23,24)(H3,20,21,22). The number of anilines is 2. The molecule has 24 heavy (non-hydrogen) atoms. The number of aryl methyl sites for hydroxylation is 2. The van der Waals surface area contributed by atoms with Crippen molar-refractivity contribution in [3.05, 3.63) is 58.1 Å². The number of nitrogens with one attached hydrogen (secondary N) is 2. The van der Waals surface area contributed by atoms with Crippen molar-refractivity contribution in [3.63, 3.8) is 0 Å². The van der Waals surface area contributed by atoms with Crippen molar-refractivity contribution in [1.29, 1.82) is 0 Å². The fourth-order valence-corrected chi connectivity index (χ4v) is 2.49. The van der Waals surface area contributed by atoms with E-state index in [1.165, 1.54) is 5.56 Å². The molecule has 0 saturated heterocycles. The molecule has 0 saturated carbocycles. The Hall–Kier alpha value is -2.34. The van der Waals surface area contributed by atoms with E-state index in [0.717, 1.165) is 27.8 Å². The lowest BCUT2D eigenvalue weighted by molar-refractivity contribution is -0.114. The van der Waals surface area contributed by atoms with Crippen LogP contribution in [0.1, 0.15) is 18.1 Å². The molecule has 6 heteroatoms. The van der Waals surface area contributed by atoms with Gasteiger partial charge in [-0.25, -0.2) is 4.99 Å². The Labute approximate surface area is 150 Å². The quantitative estimate of drug-likeness (QED) is 0.539. The Bertz CT molecular complexity index is 758. The number of rotatable bonds is 5. The van der Waals surface area contributed by atoms with Gasteiger partial charge in [-0.3, -0.25) is 4.79 Å². The number of nitrogens with zero attached hydrogens (tertiary/aromatic N) is 1. The van der Waals surface area contributed by atoms with E-state index in [1.54, 1.807) is 0 Å². The summed E-state index contributed by atoms with van der Waals surface area (Å²) in [5.41, 5.74) is 9.65. The van der Waals surface area contributed by atoms with Gasteiger partial charge in [0.15, 0.2) is 5.96 Å². The third-order valence-corrected chi connectivity index (χ3v) is 3.97. The van der Waals surface area contributed by atoms with E-state index in [9.17, 15) is 4.79 Å². The lowest BCUT2D eigenvalue weighted by Gasteiger charge is -2.09. The van der Waals surface area contributed by atoms with E-state index < -0.39 is 0 Å². The average molecular weight is 389 g/mol. The normalized spacial score (nSPS) is 11.2. The summed E-state index contributed by atoms with van der Waals surface area (Å²) in [5.74, 6) is -0.00683. The SMILES string of the molecule is CCc1cccc(NC(N)=NCC(=O)Nc2cc(Br)ccc2C)c1. The third-order valence-electron chi connectivity index (χ3n) is 3.47. The molecule has 0 aliphatic rings. The van der Waals surface area contributed by atoms with Crippen LogP contribution in [0.2, 0.25) is 0 Å². The number of carbonyl (C=O) groups excluding carboxylic acids is 1. The topological polar surface area (TPSA) is 79.5 Å². The second-order valence-corrected chi connectivity index (χ2v) is 6.30. The van der Waals surface area contributed by atoms with E-state index in [1.807, 2.05) is 49.4 Å². The number of aliphatic imine (C=N–C) groups is 1. The van der Waals surface area contributed by atoms with Crippen LogP contribution in [0.4, 0.5) is 11.4 Å². The van der Waals surface area contributed by atoms with Crippen molar-refractivity contribution in [2.45, 2.75) is 20.3 Å². The summed E-state index contributed by atoms with van der Waals surface area (Å²) < 4.78 is 0.906. The molecule has 2 aromatic carbocycles. The molecule has 0 fully saturated rings. The number of nitrogens with two attached hydrogens (primary N) is 1. The van der Waals surface area contributed by atoms with E-state index in [4.69, 9.17) is 5.73 Å². The molecular formula is C18H21BrN4O. The predicted octanol–water partition coefficient (Wildman–Crippen LogP) is 3.69. The molecule has 0 atom stereocenters. The minimum absolute atomic E-state index is 0.0434. The van der Waals surface area contributed by atoms with Crippen LogP contribution in [0.25, 0.3) is 0 Å². The molecule has 2 rings (SSSR count). The summed E-state index contributed by atoms with van der Waals surface area (Å²) in [6.07, 6.45) is 0.945. The van der Waals surface area contributed by atoms with Crippen molar-refractivity contribution in [2.75, 3.05) is 17.2 Å². The first-order chi connectivity index (χ1) is 11.5. The smallest absolute Gasteiger partial charge is 0.246 e. The molecule has 0 spiro atoms. The van der Waals surface area contributed by atoms with Crippen molar-refractivity contribution in [3.8, 4) is 0 Å². The van der Waals surface area contributed by atoms with Crippen LogP contribution in [0.5, 0.6) is 0 Å². The highest BCUT2D eigenvalue weighted by molar-refractivity contribution is 9.10. The second-order valence-electron chi connectivity index (χ2n) is 5.39. The van der Waals surface area contributed by atoms with E-state index >= 15 is 0 Å². The summed E-state index contributed by atoms with van der Waals surface area (Å²) in [4.78, 5) is 16.1. The van der Waals surface area contributed by atoms with Gasteiger partial charge in [0, 0.05) is 15.8 Å². The number of benzene rings is 2. The van der Waals surface area contributed by atoms with E-state index in [-0.39, 0.29) is 18.4 Å². The molecule has 0 heterocycles. The number of hydrogen-bond donors (Lipinski definition) is 3. The van der Waals surface area contributed by atoms with Gasteiger partial charge in [-0.2, -0.15) is 0 Å². The first-order valence-electron chi connectivity index (χ1n) is 7.70. The first kappa shape index (κ1) is 18.0. The van der Waals surface area contributed by atoms with Gasteiger partial charge >= 0.3 is 0 Å². The Balaban J connectivity index is 1.93. The largest absolute Gasteiger partial charge is 0.370 e. The van der Waals surface area contributed by atoms with Crippen molar-refractivity contribution >= 4 is 39.2 Å². The molecule has 0 aliphatic carbocycles. The molecule has 1 amide bonds. The van der Waals surface area contributed by atoms with Crippen LogP contribution in [-0.2, 0) is 11.2 Å². The molecule has 0 bridgehead atoms. The number of halogens is 1. The fraction of sp³-hybridized carbons (Fsp3) is 0.222. The average Bonchev–Trinajstić information content (AvgIpc) is 2.56. The van der Waals surface area contributed by atoms with Crippen LogP contribution in [-0.4, -0.2) is 18.4 Å². The van der Waals surface area contributed by atoms with Gasteiger partial charge in [-0.15, -0.1) is 0 Å². The molecule has 0 radical (unpaired) electrons. The van der Waals surface area contributed by atoms with Crippen LogP contribution in [0.15, 0.2) is 51.9 Å². The number of amides is 1. The minimum atomic E-state index is -0.219. The van der Waals surface area contributed by atoms with Gasteiger partial charge in [-0.05, 0) is 48.7 Å². The van der Waals surface area contributed by atoms with Crippen molar-refractivity contribution < 1.29 is 4.79 Å². The molecule has 0 aliphatic heterocycles. The zero-order chi connectivity index (χ0) is 17.5. The third kappa shape index (κ3) is 5.38.